The number of esters is 2. The lowest BCUT2D eigenvalue weighted by Gasteiger charge is -2.36. The number of nitrogens with two attached hydrogens (primary N) is 1. The van der Waals surface area contributed by atoms with Gasteiger partial charge in [-0.25, -0.2) is 0 Å². The van der Waals surface area contributed by atoms with Crippen LogP contribution in [0.25, 0.3) is 0 Å². The summed E-state index contributed by atoms with van der Waals surface area (Å²) in [4.78, 5) is 68.9. The van der Waals surface area contributed by atoms with Gasteiger partial charge in [0.25, 0.3) is 10.1 Å². The molecule has 0 heterocycles. The molecule has 0 bridgehead atoms. The first-order valence-corrected chi connectivity index (χ1v) is 29.9. The number of carboxylic acid groups (broad SMARTS) is 1. The molecule has 0 unspecified atom stereocenters. The summed E-state index contributed by atoms with van der Waals surface area (Å²) in [5, 5.41) is 27.0. The van der Waals surface area contributed by atoms with Crippen molar-refractivity contribution in [3.8, 4) is 0 Å². The lowest BCUT2D eigenvalue weighted by molar-refractivity contribution is -0.162. The van der Waals surface area contributed by atoms with Gasteiger partial charge in [-0.2, -0.15) is 8.42 Å². The molecule has 0 aromatic heterocycles. The molecule has 0 aromatic carbocycles. The number of methoxy groups -OCH3 is 2. The maximum absolute atomic E-state index is 12.2. The molecular formula is C55H96N4O13S. The Bertz CT molecular complexity index is 1830. The Morgan fingerprint density at radius 2 is 0.781 bits per heavy atom. The summed E-state index contributed by atoms with van der Waals surface area (Å²) in [5.74, 6) is 1.10. The topological polar surface area (TPSA) is 267 Å². The van der Waals surface area contributed by atoms with Crippen molar-refractivity contribution in [3.05, 3.63) is 0 Å². The van der Waals surface area contributed by atoms with Crippen LogP contribution < -0.4 is 21.7 Å². The Kier molecular flexibility index (Phi) is 26.4. The van der Waals surface area contributed by atoms with Crippen molar-refractivity contribution in [1.29, 1.82) is 0 Å². The highest BCUT2D eigenvalue weighted by Gasteiger charge is 2.44. The SMILES string of the molecule is CC1CCC(N)CC1.CC1CCC(NC(=O)[C@@H]2CC[C@H]2CO)CC1.CC1CCC(NC(=O)[C@@H]2CC[C@H]2COS(C)(=O)=O)CC1.COC(=O)[C@@H]1CC[C@H]1C(=O)NC1CCC(C)CC1.COC(=O)[C@@H]1CC[C@H]1C(=O)O. The molecule has 8 atom stereocenters. The molecule has 17 nitrogen and oxygen atoms in total. The molecule has 8 saturated carbocycles. The molecule has 0 aliphatic heterocycles. The van der Waals surface area contributed by atoms with E-state index in [4.69, 9.17) is 24.9 Å². The quantitative estimate of drug-likeness (QED) is 0.0797. The van der Waals surface area contributed by atoms with E-state index < -0.39 is 33.9 Å². The molecule has 8 fully saturated rings. The largest absolute Gasteiger partial charge is 0.481 e. The smallest absolute Gasteiger partial charge is 0.309 e. The van der Waals surface area contributed by atoms with Crippen LogP contribution in [0.2, 0.25) is 0 Å². The monoisotopic (exact) mass is 1050 g/mol. The predicted molar refractivity (Wildman–Crippen MR) is 279 cm³/mol. The van der Waals surface area contributed by atoms with Gasteiger partial charge in [-0.1, -0.05) is 27.7 Å². The number of rotatable bonds is 13. The fourth-order valence-corrected chi connectivity index (χ4v) is 11.8. The number of hydrogen-bond donors (Lipinski definition) is 6. The number of aliphatic hydroxyl groups is 1. The molecule has 3 amide bonds. The molecule has 0 spiro atoms. The third-order valence-corrected chi connectivity index (χ3v) is 18.2. The molecule has 0 radical (unpaired) electrons. The Morgan fingerprint density at radius 3 is 1.05 bits per heavy atom. The second-order valence-corrected chi connectivity index (χ2v) is 25.1. The Hall–Kier alpha value is -3.35. The molecule has 0 saturated heterocycles. The summed E-state index contributed by atoms with van der Waals surface area (Å²) in [5.41, 5.74) is 5.70. The van der Waals surface area contributed by atoms with E-state index in [0.717, 1.165) is 107 Å². The van der Waals surface area contributed by atoms with E-state index >= 15 is 0 Å². The zero-order chi connectivity index (χ0) is 53.8. The minimum Gasteiger partial charge on any atom is -0.481 e. The second kappa shape index (κ2) is 31.0. The van der Waals surface area contributed by atoms with Crippen molar-refractivity contribution in [2.75, 3.05) is 33.7 Å². The summed E-state index contributed by atoms with van der Waals surface area (Å²) in [6.45, 7) is 9.41. The standard InChI is InChI=1S/C14H25NO4S.C14H23NO3.C13H23NO2.C7H15N.C7H10O4/c1-10-3-6-12(7-4-10)15-14(16)13-8-5-11(13)9-19-20(2,17)18;1-9-3-5-10(6-4-9)15-13(16)11-7-8-12(11)14(17)18-2;1-9-2-5-11(6-3-9)14-13(16)12-7-4-10(12)8-15;1-6-2-4-7(8)5-3-6;1-11-7(10)5-3-2-4(5)6(8)9/h10-13H,3-9H2,1-2H3,(H,15,16);9-12H,3-8H2,1-2H3,(H,15,16);9-12,15H,2-8H2,1H3,(H,14,16);6-7H,2-5,8H2,1H3;4-5H,2-3H2,1H3,(H,8,9)/t10?,11-,12?,13+;9?,10?,11-,12-;9?,10-,11?,12+;;4-,5-/m010.1/s1. The van der Waals surface area contributed by atoms with Crippen LogP contribution in [0.1, 0.15) is 182 Å². The number of hydrogen-bond acceptors (Lipinski definition) is 13. The minimum atomic E-state index is -3.41. The highest BCUT2D eigenvalue weighted by atomic mass is 32.2. The number of carbonyl (C=O) groups is 6. The van der Waals surface area contributed by atoms with Gasteiger partial charge in [0.15, 0.2) is 0 Å². The molecule has 8 aliphatic carbocycles. The molecule has 73 heavy (non-hydrogen) atoms. The van der Waals surface area contributed by atoms with Gasteiger partial charge in [0.05, 0.1) is 50.8 Å². The lowest BCUT2D eigenvalue weighted by Crippen LogP contribution is -2.48. The summed E-state index contributed by atoms with van der Waals surface area (Å²) >= 11 is 0. The van der Waals surface area contributed by atoms with Crippen LogP contribution in [0.4, 0.5) is 0 Å². The predicted octanol–water partition coefficient (Wildman–Crippen LogP) is 7.06. The molecular weight excluding hydrogens is 957 g/mol. The first kappa shape index (κ1) is 62.2. The van der Waals surface area contributed by atoms with E-state index in [2.05, 4.69) is 48.4 Å². The van der Waals surface area contributed by atoms with Crippen molar-refractivity contribution >= 4 is 45.7 Å². The van der Waals surface area contributed by atoms with E-state index in [1.807, 2.05) is 0 Å². The highest BCUT2D eigenvalue weighted by molar-refractivity contribution is 7.85. The Morgan fingerprint density at radius 1 is 0.466 bits per heavy atom. The van der Waals surface area contributed by atoms with Crippen molar-refractivity contribution in [2.45, 2.75) is 206 Å². The van der Waals surface area contributed by atoms with Crippen molar-refractivity contribution < 1.29 is 61.1 Å². The average Bonchev–Trinajstić information content (AvgIpc) is 3.28. The van der Waals surface area contributed by atoms with Crippen LogP contribution in [0.15, 0.2) is 0 Å². The zero-order valence-corrected chi connectivity index (χ0v) is 46.3. The fraction of sp³-hybridized carbons (Fsp3) is 0.891. The van der Waals surface area contributed by atoms with Gasteiger partial charge >= 0.3 is 17.9 Å². The molecule has 7 N–H and O–H groups in total. The summed E-state index contributed by atoms with van der Waals surface area (Å²) in [6.07, 6.45) is 26.5. The number of aliphatic carboxylic acids is 1. The summed E-state index contributed by atoms with van der Waals surface area (Å²) in [7, 11) is -0.745. The molecule has 420 valence electrons. The number of ether oxygens (including phenoxy) is 2. The number of carbonyl (C=O) groups excluding carboxylic acids is 5. The van der Waals surface area contributed by atoms with Crippen LogP contribution in [-0.4, -0.2) is 112 Å². The van der Waals surface area contributed by atoms with Crippen molar-refractivity contribution in [1.82, 2.24) is 16.0 Å². The van der Waals surface area contributed by atoms with Gasteiger partial charge in [0.2, 0.25) is 17.7 Å². The highest BCUT2D eigenvalue weighted by Crippen LogP contribution is 2.38. The fourth-order valence-electron chi connectivity index (χ4n) is 11.4. The van der Waals surface area contributed by atoms with E-state index in [0.29, 0.717) is 37.0 Å². The Balaban J connectivity index is 0.000000204. The Labute approximate surface area is 437 Å². The number of amides is 3. The molecule has 0 aromatic rings. The molecule has 18 heteroatoms. The maximum Gasteiger partial charge on any atom is 0.309 e. The maximum atomic E-state index is 12.2. The molecule has 8 rings (SSSR count). The lowest BCUT2D eigenvalue weighted by atomic mass is 9.73. The van der Waals surface area contributed by atoms with Crippen LogP contribution in [-0.2, 0) is 52.5 Å². The first-order valence-electron chi connectivity index (χ1n) is 28.1. The second-order valence-electron chi connectivity index (χ2n) is 23.4. The van der Waals surface area contributed by atoms with Gasteiger partial charge < -0.3 is 41.4 Å². The third-order valence-electron chi connectivity index (χ3n) is 17.6. The number of carboxylic acids is 1. The van der Waals surface area contributed by atoms with Gasteiger partial charge in [-0.3, -0.25) is 33.0 Å². The zero-order valence-electron chi connectivity index (χ0n) is 45.5. The van der Waals surface area contributed by atoms with Crippen LogP contribution in [0.3, 0.4) is 0 Å². The van der Waals surface area contributed by atoms with Gasteiger partial charge in [0, 0.05) is 42.6 Å². The van der Waals surface area contributed by atoms with E-state index in [-0.39, 0.29) is 72.4 Å². The van der Waals surface area contributed by atoms with Gasteiger partial charge in [-0.15, -0.1) is 0 Å². The van der Waals surface area contributed by atoms with Crippen LogP contribution in [0.5, 0.6) is 0 Å². The average molecular weight is 1050 g/mol. The van der Waals surface area contributed by atoms with Crippen LogP contribution in [0, 0.1) is 71.0 Å². The number of nitrogens with one attached hydrogen (secondary N) is 3. The normalized spacial score (nSPS) is 35.4. The van der Waals surface area contributed by atoms with Crippen LogP contribution >= 0.6 is 0 Å². The minimum absolute atomic E-state index is 0.0484. The molecule has 8 aliphatic rings. The summed E-state index contributed by atoms with van der Waals surface area (Å²) < 4.78 is 35.9. The number of aliphatic hydroxyl groups excluding tert-OH is 1. The van der Waals surface area contributed by atoms with E-state index in [1.54, 1.807) is 0 Å². The first-order chi connectivity index (χ1) is 34.6. The van der Waals surface area contributed by atoms with Crippen molar-refractivity contribution in [2.24, 2.45) is 76.7 Å². The third kappa shape index (κ3) is 21.0. The van der Waals surface area contributed by atoms with E-state index in [1.165, 1.54) is 78.4 Å². The van der Waals surface area contributed by atoms with Gasteiger partial charge in [-0.05, 0) is 190 Å². The van der Waals surface area contributed by atoms with E-state index in [9.17, 15) is 37.2 Å². The summed E-state index contributed by atoms with van der Waals surface area (Å²) in [6, 6.07) is 1.53. The van der Waals surface area contributed by atoms with Crippen molar-refractivity contribution in [3.63, 3.8) is 0 Å². The van der Waals surface area contributed by atoms with Gasteiger partial charge in [0.1, 0.15) is 0 Å².